The van der Waals surface area contributed by atoms with Gasteiger partial charge < -0.3 is 10.2 Å². The third-order valence-corrected chi connectivity index (χ3v) is 5.66. The van der Waals surface area contributed by atoms with E-state index < -0.39 is 0 Å². The number of pyridine rings is 2. The highest BCUT2D eigenvalue weighted by Gasteiger charge is 2.16. The first kappa shape index (κ1) is 19.3. The first-order valence-electron chi connectivity index (χ1n) is 10.3. The number of nitrogens with one attached hydrogen (secondary N) is 1. The molecule has 6 nitrogen and oxygen atoms in total. The lowest BCUT2D eigenvalue weighted by molar-refractivity contribution is 0.436. The van der Waals surface area contributed by atoms with Gasteiger partial charge in [-0.3, -0.25) is 4.98 Å². The molecule has 1 aliphatic rings. The van der Waals surface area contributed by atoms with Crippen LogP contribution in [0.4, 0.5) is 11.6 Å². The Kier molecular flexibility index (Phi) is 5.69. The van der Waals surface area contributed by atoms with Crippen molar-refractivity contribution in [1.82, 2.24) is 19.9 Å². The van der Waals surface area contributed by atoms with Gasteiger partial charge in [0.1, 0.15) is 17.3 Å². The van der Waals surface area contributed by atoms with Crippen LogP contribution < -0.4 is 10.2 Å². The fraction of sp³-hybridized carbons (Fsp3) is 0.391. The SMILES string of the molecule is Cc1nc(-c2ccccn2)nc(NCc2ccc(N3CCC(C)CC3)nc2)c1C. The Balaban J connectivity index is 1.45. The van der Waals surface area contributed by atoms with Crippen molar-refractivity contribution in [3.8, 4) is 11.5 Å². The number of rotatable bonds is 5. The molecule has 150 valence electrons. The highest BCUT2D eigenvalue weighted by Crippen LogP contribution is 2.23. The molecule has 0 aliphatic carbocycles. The number of anilines is 2. The van der Waals surface area contributed by atoms with Crippen LogP contribution in [0, 0.1) is 19.8 Å². The van der Waals surface area contributed by atoms with Crippen molar-refractivity contribution in [2.24, 2.45) is 5.92 Å². The molecule has 0 atom stereocenters. The molecule has 4 heterocycles. The van der Waals surface area contributed by atoms with E-state index in [4.69, 9.17) is 4.98 Å². The molecule has 0 amide bonds. The summed E-state index contributed by atoms with van der Waals surface area (Å²) in [5.41, 5.74) is 3.92. The van der Waals surface area contributed by atoms with E-state index in [2.05, 4.69) is 44.2 Å². The van der Waals surface area contributed by atoms with E-state index in [1.807, 2.05) is 38.2 Å². The van der Waals surface area contributed by atoms with Gasteiger partial charge in [-0.15, -0.1) is 0 Å². The standard InChI is InChI=1S/C23H28N6/c1-16-9-12-29(13-10-16)21-8-7-19(14-25-21)15-26-22-17(2)18(3)27-23(28-22)20-6-4-5-11-24-20/h4-8,11,14,16H,9-10,12-13,15H2,1-3H3,(H,26,27,28). The van der Waals surface area contributed by atoms with Crippen LogP contribution in [-0.4, -0.2) is 33.0 Å². The van der Waals surface area contributed by atoms with E-state index in [0.29, 0.717) is 12.4 Å². The van der Waals surface area contributed by atoms with Gasteiger partial charge in [-0.25, -0.2) is 15.0 Å². The molecule has 3 aromatic heterocycles. The fourth-order valence-corrected chi connectivity index (χ4v) is 3.54. The lowest BCUT2D eigenvalue weighted by atomic mass is 9.99. The Bertz CT molecular complexity index is 947. The summed E-state index contributed by atoms with van der Waals surface area (Å²) in [4.78, 5) is 20.7. The third-order valence-electron chi connectivity index (χ3n) is 5.66. The number of hydrogen-bond acceptors (Lipinski definition) is 6. The molecule has 6 heteroatoms. The summed E-state index contributed by atoms with van der Waals surface area (Å²) in [5.74, 6) is 3.38. The van der Waals surface area contributed by atoms with Gasteiger partial charge in [0.05, 0.1) is 0 Å². The monoisotopic (exact) mass is 388 g/mol. The van der Waals surface area contributed by atoms with Crippen LogP contribution in [0.5, 0.6) is 0 Å². The number of aromatic nitrogens is 4. The van der Waals surface area contributed by atoms with Gasteiger partial charge >= 0.3 is 0 Å². The second-order valence-corrected chi connectivity index (χ2v) is 7.87. The van der Waals surface area contributed by atoms with E-state index >= 15 is 0 Å². The topological polar surface area (TPSA) is 66.8 Å². The zero-order chi connectivity index (χ0) is 20.2. The minimum Gasteiger partial charge on any atom is -0.366 e. The van der Waals surface area contributed by atoms with Crippen LogP contribution in [0.1, 0.15) is 36.6 Å². The van der Waals surface area contributed by atoms with Gasteiger partial charge in [-0.1, -0.05) is 19.1 Å². The first-order chi connectivity index (χ1) is 14.1. The quantitative estimate of drug-likeness (QED) is 0.699. The Morgan fingerprint density at radius 3 is 2.55 bits per heavy atom. The van der Waals surface area contributed by atoms with Crippen LogP contribution in [0.25, 0.3) is 11.5 Å². The summed E-state index contributed by atoms with van der Waals surface area (Å²) in [6.07, 6.45) is 6.21. The van der Waals surface area contributed by atoms with Crippen LogP contribution in [0.15, 0.2) is 42.7 Å². The van der Waals surface area contributed by atoms with Crippen molar-refractivity contribution < 1.29 is 0 Å². The van der Waals surface area contributed by atoms with E-state index in [1.54, 1.807) is 6.20 Å². The molecule has 0 saturated carbocycles. The van der Waals surface area contributed by atoms with Gasteiger partial charge in [0.2, 0.25) is 0 Å². The molecule has 1 N–H and O–H groups in total. The number of hydrogen-bond donors (Lipinski definition) is 1. The van der Waals surface area contributed by atoms with E-state index in [0.717, 1.165) is 53.2 Å². The Hall–Kier alpha value is -3.02. The van der Waals surface area contributed by atoms with Crippen LogP contribution in [-0.2, 0) is 6.54 Å². The predicted octanol–water partition coefficient (Wildman–Crippen LogP) is 4.40. The highest BCUT2D eigenvalue weighted by molar-refractivity contribution is 5.56. The molecule has 0 bridgehead atoms. The second-order valence-electron chi connectivity index (χ2n) is 7.87. The van der Waals surface area contributed by atoms with Crippen molar-refractivity contribution in [1.29, 1.82) is 0 Å². The highest BCUT2D eigenvalue weighted by atomic mass is 15.2. The number of aryl methyl sites for hydroxylation is 1. The lowest BCUT2D eigenvalue weighted by Gasteiger charge is -2.31. The minimum atomic E-state index is 0.643. The van der Waals surface area contributed by atoms with Gasteiger partial charge in [0.15, 0.2) is 5.82 Å². The van der Waals surface area contributed by atoms with Crippen LogP contribution in [0.3, 0.4) is 0 Å². The molecule has 0 radical (unpaired) electrons. The zero-order valence-corrected chi connectivity index (χ0v) is 17.4. The zero-order valence-electron chi connectivity index (χ0n) is 17.4. The third kappa shape index (κ3) is 4.53. The maximum absolute atomic E-state index is 4.70. The molecule has 3 aromatic rings. The average molecular weight is 389 g/mol. The van der Waals surface area contributed by atoms with Gasteiger partial charge in [-0.05, 0) is 56.4 Å². The van der Waals surface area contributed by atoms with E-state index in [-0.39, 0.29) is 0 Å². The molecule has 1 aliphatic heterocycles. The summed E-state index contributed by atoms with van der Waals surface area (Å²) in [5, 5.41) is 3.45. The molecule has 0 spiro atoms. The molecular formula is C23H28N6. The normalized spacial score (nSPS) is 14.8. The Morgan fingerprint density at radius 1 is 1.03 bits per heavy atom. The number of nitrogens with zero attached hydrogens (tertiary/aromatic N) is 5. The van der Waals surface area contributed by atoms with Crippen LogP contribution in [0.2, 0.25) is 0 Å². The first-order valence-corrected chi connectivity index (χ1v) is 10.3. The summed E-state index contributed by atoms with van der Waals surface area (Å²) < 4.78 is 0. The van der Waals surface area contributed by atoms with Gasteiger partial charge in [0, 0.05) is 43.3 Å². The summed E-state index contributed by atoms with van der Waals surface area (Å²) in [6, 6.07) is 10.0. The maximum Gasteiger partial charge on any atom is 0.180 e. The molecule has 0 unspecified atom stereocenters. The van der Waals surface area contributed by atoms with Crippen molar-refractivity contribution in [2.45, 2.75) is 40.2 Å². The lowest BCUT2D eigenvalue weighted by Crippen LogP contribution is -2.33. The fourth-order valence-electron chi connectivity index (χ4n) is 3.54. The Labute approximate surface area is 172 Å². The molecule has 4 rings (SSSR count). The maximum atomic E-state index is 4.70. The van der Waals surface area contributed by atoms with Gasteiger partial charge in [-0.2, -0.15) is 0 Å². The summed E-state index contributed by atoms with van der Waals surface area (Å²) >= 11 is 0. The minimum absolute atomic E-state index is 0.643. The van der Waals surface area contributed by atoms with Crippen molar-refractivity contribution in [2.75, 3.05) is 23.3 Å². The van der Waals surface area contributed by atoms with E-state index in [1.165, 1.54) is 12.8 Å². The van der Waals surface area contributed by atoms with E-state index in [9.17, 15) is 0 Å². The van der Waals surface area contributed by atoms with Crippen LogP contribution >= 0.6 is 0 Å². The molecule has 1 fully saturated rings. The Morgan fingerprint density at radius 2 is 1.86 bits per heavy atom. The average Bonchev–Trinajstić information content (AvgIpc) is 2.76. The van der Waals surface area contributed by atoms with Crippen molar-refractivity contribution in [3.05, 3.63) is 59.5 Å². The molecule has 1 saturated heterocycles. The smallest absolute Gasteiger partial charge is 0.180 e. The van der Waals surface area contributed by atoms with Crippen molar-refractivity contribution >= 4 is 11.6 Å². The van der Waals surface area contributed by atoms with Gasteiger partial charge in [0.25, 0.3) is 0 Å². The molecular weight excluding hydrogens is 360 g/mol. The molecule has 0 aromatic carbocycles. The summed E-state index contributed by atoms with van der Waals surface area (Å²) in [6.45, 7) is 9.24. The largest absolute Gasteiger partial charge is 0.366 e. The molecule has 29 heavy (non-hydrogen) atoms. The predicted molar refractivity (Wildman–Crippen MR) is 117 cm³/mol. The second kappa shape index (κ2) is 8.55. The van der Waals surface area contributed by atoms with Crippen molar-refractivity contribution in [3.63, 3.8) is 0 Å². The summed E-state index contributed by atoms with van der Waals surface area (Å²) in [7, 11) is 0. The number of piperidine rings is 1.